The molecule has 0 aliphatic rings. The summed E-state index contributed by atoms with van der Waals surface area (Å²) in [4.78, 5) is 16.1. The van der Waals surface area contributed by atoms with Crippen molar-refractivity contribution >= 4 is 16.9 Å². The molecule has 9 heteroatoms. The number of hydrogen-bond donors (Lipinski definition) is 1. The zero-order valence-electron chi connectivity index (χ0n) is 14.3. The minimum Gasteiger partial charge on any atom is -0.353 e. The fourth-order valence-corrected chi connectivity index (χ4v) is 2.88. The molecule has 0 saturated carbocycles. The van der Waals surface area contributed by atoms with Gasteiger partial charge in [0.25, 0.3) is 0 Å². The normalized spacial score (nSPS) is 11.9. The molecule has 3 aromatic rings. The summed E-state index contributed by atoms with van der Waals surface area (Å²) >= 11 is 0. The fraction of sp³-hybridized carbons (Fsp3) is 0.353. The molecule has 0 aromatic carbocycles. The number of rotatable bonds is 5. The van der Waals surface area contributed by atoms with Crippen LogP contribution in [0.25, 0.3) is 11.0 Å². The van der Waals surface area contributed by atoms with E-state index < -0.39 is 11.9 Å². The molecule has 0 fully saturated rings. The van der Waals surface area contributed by atoms with E-state index in [0.29, 0.717) is 5.39 Å². The van der Waals surface area contributed by atoms with Gasteiger partial charge < -0.3 is 9.88 Å². The van der Waals surface area contributed by atoms with E-state index in [1.807, 2.05) is 19.9 Å². The number of hydrogen-bond acceptors (Lipinski definition) is 3. The van der Waals surface area contributed by atoms with Crippen molar-refractivity contribution in [2.24, 2.45) is 0 Å². The predicted molar refractivity (Wildman–Crippen MR) is 89.4 cm³/mol. The molecule has 26 heavy (non-hydrogen) atoms. The van der Waals surface area contributed by atoms with Crippen LogP contribution in [0.4, 0.5) is 13.2 Å². The number of alkyl halides is 3. The number of aromatic nitrogens is 4. The van der Waals surface area contributed by atoms with Crippen LogP contribution >= 0.6 is 0 Å². The Morgan fingerprint density at radius 1 is 1.27 bits per heavy atom. The van der Waals surface area contributed by atoms with Crippen LogP contribution in [0.1, 0.15) is 17.1 Å². The van der Waals surface area contributed by atoms with Gasteiger partial charge in [-0.25, -0.2) is 4.98 Å². The van der Waals surface area contributed by atoms with E-state index in [9.17, 15) is 18.0 Å². The molecule has 0 atom stereocenters. The minimum atomic E-state index is -4.49. The number of carbonyl (C=O) groups is 1. The van der Waals surface area contributed by atoms with Gasteiger partial charge in [0.15, 0.2) is 0 Å². The van der Waals surface area contributed by atoms with E-state index in [4.69, 9.17) is 0 Å². The van der Waals surface area contributed by atoms with Crippen LogP contribution in [0, 0.1) is 13.8 Å². The molecule has 1 N–H and O–H groups in total. The van der Waals surface area contributed by atoms with Crippen LogP contribution in [0.5, 0.6) is 0 Å². The highest BCUT2D eigenvalue weighted by Gasteiger charge is 2.35. The summed E-state index contributed by atoms with van der Waals surface area (Å²) in [6.45, 7) is 3.71. The molecule has 0 bridgehead atoms. The van der Waals surface area contributed by atoms with Gasteiger partial charge in [0, 0.05) is 30.4 Å². The zero-order valence-corrected chi connectivity index (χ0v) is 14.3. The first-order valence-electron chi connectivity index (χ1n) is 8.05. The Balaban J connectivity index is 1.70. The lowest BCUT2D eigenvalue weighted by molar-refractivity contribution is -0.143. The van der Waals surface area contributed by atoms with Crippen molar-refractivity contribution in [2.75, 3.05) is 6.54 Å². The Bertz CT molecular complexity index is 942. The standard InChI is InChI=1S/C17H18F3N5O/c1-11-8-12(2)25(23-11)10-15(26)21-6-7-24-14(17(18,19)20)9-13-4-3-5-22-16(13)24/h3-5,8-9H,6-7,10H2,1-2H3,(H,21,26). The van der Waals surface area contributed by atoms with Gasteiger partial charge in [-0.05, 0) is 38.1 Å². The monoisotopic (exact) mass is 365 g/mol. The van der Waals surface area contributed by atoms with Crippen molar-refractivity contribution < 1.29 is 18.0 Å². The molecule has 3 aromatic heterocycles. The number of pyridine rings is 1. The van der Waals surface area contributed by atoms with Crippen LogP contribution in [0.15, 0.2) is 30.5 Å². The lowest BCUT2D eigenvalue weighted by Crippen LogP contribution is -2.31. The highest BCUT2D eigenvalue weighted by atomic mass is 19.4. The highest BCUT2D eigenvalue weighted by molar-refractivity contribution is 5.78. The summed E-state index contributed by atoms with van der Waals surface area (Å²) in [6.07, 6.45) is -3.05. The first kappa shape index (κ1) is 18.0. The van der Waals surface area contributed by atoms with Gasteiger partial charge in [0.1, 0.15) is 17.9 Å². The van der Waals surface area contributed by atoms with E-state index in [-0.39, 0.29) is 31.2 Å². The van der Waals surface area contributed by atoms with E-state index in [1.165, 1.54) is 6.20 Å². The maximum atomic E-state index is 13.3. The first-order chi connectivity index (χ1) is 12.3. The Kier molecular flexibility index (Phi) is 4.71. The highest BCUT2D eigenvalue weighted by Crippen LogP contribution is 2.33. The molecule has 0 unspecified atom stereocenters. The summed E-state index contributed by atoms with van der Waals surface area (Å²) in [5, 5.41) is 7.23. The largest absolute Gasteiger partial charge is 0.431 e. The lowest BCUT2D eigenvalue weighted by Gasteiger charge is -2.13. The Morgan fingerprint density at radius 3 is 2.69 bits per heavy atom. The molecular weight excluding hydrogens is 347 g/mol. The quantitative estimate of drug-likeness (QED) is 0.756. The third-order valence-corrected chi connectivity index (χ3v) is 4.00. The molecule has 3 rings (SSSR count). The Morgan fingerprint density at radius 2 is 2.04 bits per heavy atom. The maximum Gasteiger partial charge on any atom is 0.431 e. The third-order valence-electron chi connectivity index (χ3n) is 4.00. The van der Waals surface area contributed by atoms with Gasteiger partial charge in [-0.3, -0.25) is 9.48 Å². The fourth-order valence-electron chi connectivity index (χ4n) is 2.88. The topological polar surface area (TPSA) is 64.7 Å². The second-order valence-corrected chi connectivity index (χ2v) is 6.03. The number of carbonyl (C=O) groups excluding carboxylic acids is 1. The van der Waals surface area contributed by atoms with E-state index in [1.54, 1.807) is 16.8 Å². The number of halogens is 3. The van der Waals surface area contributed by atoms with Gasteiger partial charge in [0.2, 0.25) is 5.91 Å². The van der Waals surface area contributed by atoms with Crippen molar-refractivity contribution in [3.8, 4) is 0 Å². The van der Waals surface area contributed by atoms with Crippen molar-refractivity contribution in [2.45, 2.75) is 33.1 Å². The van der Waals surface area contributed by atoms with Crippen molar-refractivity contribution in [1.29, 1.82) is 0 Å². The Hall–Kier alpha value is -2.84. The average molecular weight is 365 g/mol. The van der Waals surface area contributed by atoms with E-state index in [0.717, 1.165) is 22.0 Å². The van der Waals surface area contributed by atoms with Crippen LogP contribution < -0.4 is 5.32 Å². The van der Waals surface area contributed by atoms with Crippen LogP contribution in [0.3, 0.4) is 0 Å². The molecule has 0 aliphatic heterocycles. The maximum absolute atomic E-state index is 13.3. The Labute approximate surface area is 147 Å². The van der Waals surface area contributed by atoms with Gasteiger partial charge in [-0.2, -0.15) is 18.3 Å². The van der Waals surface area contributed by atoms with Crippen molar-refractivity contribution in [1.82, 2.24) is 24.6 Å². The van der Waals surface area contributed by atoms with Crippen LogP contribution in [-0.2, 0) is 24.1 Å². The second-order valence-electron chi connectivity index (χ2n) is 6.03. The smallest absolute Gasteiger partial charge is 0.353 e. The molecular formula is C17H18F3N5O. The number of aryl methyl sites for hydroxylation is 2. The van der Waals surface area contributed by atoms with Crippen LogP contribution in [-0.4, -0.2) is 31.8 Å². The molecule has 6 nitrogen and oxygen atoms in total. The minimum absolute atomic E-state index is 0.0243. The molecule has 0 saturated heterocycles. The summed E-state index contributed by atoms with van der Waals surface area (Å²) in [5.41, 5.74) is 1.11. The van der Waals surface area contributed by atoms with Gasteiger partial charge in [0.05, 0.1) is 5.69 Å². The molecule has 0 spiro atoms. The summed E-state index contributed by atoms with van der Waals surface area (Å²) < 4.78 is 42.4. The summed E-state index contributed by atoms with van der Waals surface area (Å²) in [5.74, 6) is -0.311. The number of fused-ring (bicyclic) bond motifs is 1. The lowest BCUT2D eigenvalue weighted by atomic mass is 10.3. The number of amides is 1. The zero-order chi connectivity index (χ0) is 18.9. The molecule has 1 amide bonds. The van der Waals surface area contributed by atoms with Gasteiger partial charge in [-0.1, -0.05) is 0 Å². The number of nitrogens with zero attached hydrogens (tertiary/aromatic N) is 4. The molecule has 0 aliphatic carbocycles. The van der Waals surface area contributed by atoms with Crippen LogP contribution in [0.2, 0.25) is 0 Å². The molecule has 3 heterocycles. The molecule has 138 valence electrons. The second kappa shape index (κ2) is 6.81. The first-order valence-corrected chi connectivity index (χ1v) is 8.05. The predicted octanol–water partition coefficient (Wildman–Crippen LogP) is 2.68. The van der Waals surface area contributed by atoms with Gasteiger partial charge in [-0.15, -0.1) is 0 Å². The SMILES string of the molecule is Cc1cc(C)n(CC(=O)NCCn2c(C(F)(F)F)cc3cccnc32)n1. The summed E-state index contributed by atoms with van der Waals surface area (Å²) in [7, 11) is 0. The third kappa shape index (κ3) is 3.71. The number of nitrogens with one attached hydrogen (secondary N) is 1. The van der Waals surface area contributed by atoms with E-state index >= 15 is 0 Å². The van der Waals surface area contributed by atoms with Crippen molar-refractivity contribution in [3.05, 3.63) is 47.5 Å². The average Bonchev–Trinajstić information content (AvgIpc) is 3.07. The van der Waals surface area contributed by atoms with Crippen molar-refractivity contribution in [3.63, 3.8) is 0 Å². The van der Waals surface area contributed by atoms with E-state index in [2.05, 4.69) is 15.4 Å². The van der Waals surface area contributed by atoms with Gasteiger partial charge >= 0.3 is 6.18 Å². The summed E-state index contributed by atoms with van der Waals surface area (Å²) in [6, 6.07) is 6.08. The molecule has 0 radical (unpaired) electrons.